The van der Waals surface area contributed by atoms with Gasteiger partial charge >= 0.3 is 0 Å². The Kier molecular flexibility index (Phi) is 4.24. The summed E-state index contributed by atoms with van der Waals surface area (Å²) in [4.78, 5) is 4.35. The van der Waals surface area contributed by atoms with Crippen LogP contribution in [0.15, 0.2) is 12.4 Å². The van der Waals surface area contributed by atoms with Crippen LogP contribution < -0.4 is 5.32 Å². The van der Waals surface area contributed by atoms with E-state index < -0.39 is 0 Å². The molecule has 2 heterocycles. The number of aromatic nitrogens is 4. The summed E-state index contributed by atoms with van der Waals surface area (Å²) in [6.07, 6.45) is 5.69. The molecule has 0 bridgehead atoms. The topological polar surface area (TPSA) is 55.1 Å². The smallest absolute Gasteiger partial charge is 0.203 e. The van der Waals surface area contributed by atoms with E-state index >= 15 is 0 Å². The molecule has 2 aromatic rings. The second kappa shape index (κ2) is 5.74. The molecule has 104 valence electrons. The molecule has 0 saturated carbocycles. The molecule has 19 heavy (non-hydrogen) atoms. The molecule has 0 radical (unpaired) electrons. The lowest BCUT2D eigenvalue weighted by molar-refractivity contribution is 0.326. The van der Waals surface area contributed by atoms with Crippen LogP contribution in [0.1, 0.15) is 32.5 Å². The third-order valence-corrected chi connectivity index (χ3v) is 4.48. The standard InChI is InChI=1S/C13H20ClN5/c1-4-13(5-2,8-14)9-16-11-12-18-17-10(3)19(12)7-6-15-11/h6-7H,4-5,8-9H2,1-3H3,(H,15,16). The fourth-order valence-electron chi connectivity index (χ4n) is 2.07. The molecule has 5 nitrogen and oxygen atoms in total. The first-order valence-electron chi connectivity index (χ1n) is 6.62. The van der Waals surface area contributed by atoms with Gasteiger partial charge in [0.1, 0.15) is 5.82 Å². The van der Waals surface area contributed by atoms with E-state index in [0.29, 0.717) is 5.88 Å². The van der Waals surface area contributed by atoms with Crippen LogP contribution in [0.2, 0.25) is 0 Å². The Balaban J connectivity index is 2.22. The summed E-state index contributed by atoms with van der Waals surface area (Å²) < 4.78 is 1.93. The normalized spacial score (nSPS) is 12.0. The summed E-state index contributed by atoms with van der Waals surface area (Å²) in [6, 6.07) is 0. The molecule has 6 heteroatoms. The average Bonchev–Trinajstić information content (AvgIpc) is 2.84. The minimum Gasteiger partial charge on any atom is -0.366 e. The van der Waals surface area contributed by atoms with E-state index in [2.05, 4.69) is 34.3 Å². The van der Waals surface area contributed by atoms with Crippen molar-refractivity contribution in [2.45, 2.75) is 33.6 Å². The van der Waals surface area contributed by atoms with Gasteiger partial charge in [0.2, 0.25) is 5.65 Å². The van der Waals surface area contributed by atoms with Gasteiger partial charge in [-0.1, -0.05) is 13.8 Å². The molecule has 0 aliphatic carbocycles. The van der Waals surface area contributed by atoms with Gasteiger partial charge in [0.05, 0.1) is 0 Å². The fraction of sp³-hybridized carbons (Fsp3) is 0.615. The van der Waals surface area contributed by atoms with Gasteiger partial charge in [0, 0.05) is 30.2 Å². The SMILES string of the molecule is CCC(CC)(CCl)CNc1nccn2c(C)nnc12. The monoisotopic (exact) mass is 281 g/mol. The van der Waals surface area contributed by atoms with Gasteiger partial charge in [-0.3, -0.25) is 4.40 Å². The molecule has 0 aliphatic rings. The summed E-state index contributed by atoms with van der Waals surface area (Å²) in [7, 11) is 0. The molecular formula is C13H20ClN5. The zero-order chi connectivity index (χ0) is 13.9. The van der Waals surface area contributed by atoms with Crippen molar-refractivity contribution in [2.75, 3.05) is 17.7 Å². The van der Waals surface area contributed by atoms with E-state index in [1.807, 2.05) is 17.5 Å². The van der Waals surface area contributed by atoms with E-state index in [1.54, 1.807) is 6.20 Å². The lowest BCUT2D eigenvalue weighted by Crippen LogP contribution is -2.30. The molecule has 0 spiro atoms. The first-order valence-corrected chi connectivity index (χ1v) is 7.15. The maximum Gasteiger partial charge on any atom is 0.203 e. The van der Waals surface area contributed by atoms with E-state index in [-0.39, 0.29) is 5.41 Å². The van der Waals surface area contributed by atoms with E-state index in [1.165, 1.54) is 0 Å². The summed E-state index contributed by atoms with van der Waals surface area (Å²) in [5.41, 5.74) is 0.862. The molecule has 0 saturated heterocycles. The highest BCUT2D eigenvalue weighted by Crippen LogP contribution is 2.28. The zero-order valence-electron chi connectivity index (χ0n) is 11.6. The quantitative estimate of drug-likeness (QED) is 0.827. The van der Waals surface area contributed by atoms with Crippen molar-refractivity contribution in [3.63, 3.8) is 0 Å². The van der Waals surface area contributed by atoms with Gasteiger partial charge in [0.25, 0.3) is 0 Å². The van der Waals surface area contributed by atoms with Gasteiger partial charge in [-0.15, -0.1) is 21.8 Å². The Hall–Kier alpha value is -1.36. The Morgan fingerprint density at radius 1 is 1.32 bits per heavy atom. The molecule has 0 amide bonds. The number of hydrogen-bond donors (Lipinski definition) is 1. The molecule has 0 atom stereocenters. The number of aryl methyl sites for hydroxylation is 1. The average molecular weight is 282 g/mol. The van der Waals surface area contributed by atoms with Gasteiger partial charge in [0.15, 0.2) is 5.82 Å². The van der Waals surface area contributed by atoms with Crippen molar-refractivity contribution >= 4 is 23.1 Å². The molecule has 0 fully saturated rings. The molecular weight excluding hydrogens is 262 g/mol. The number of nitrogens with one attached hydrogen (secondary N) is 1. The highest BCUT2D eigenvalue weighted by Gasteiger charge is 2.25. The highest BCUT2D eigenvalue weighted by molar-refractivity contribution is 6.18. The van der Waals surface area contributed by atoms with Gasteiger partial charge in [-0.2, -0.15) is 0 Å². The molecule has 0 aromatic carbocycles. The summed E-state index contributed by atoms with van der Waals surface area (Å²) >= 11 is 6.12. The molecule has 2 aromatic heterocycles. The van der Waals surface area contributed by atoms with Crippen LogP contribution in [0, 0.1) is 12.3 Å². The largest absolute Gasteiger partial charge is 0.366 e. The Morgan fingerprint density at radius 2 is 2.05 bits per heavy atom. The number of hydrogen-bond acceptors (Lipinski definition) is 4. The van der Waals surface area contributed by atoms with Crippen LogP contribution >= 0.6 is 11.6 Å². The molecule has 1 N–H and O–H groups in total. The van der Waals surface area contributed by atoms with Crippen molar-refractivity contribution < 1.29 is 0 Å². The Morgan fingerprint density at radius 3 is 2.68 bits per heavy atom. The van der Waals surface area contributed by atoms with E-state index in [4.69, 9.17) is 11.6 Å². The third-order valence-electron chi connectivity index (χ3n) is 3.91. The highest BCUT2D eigenvalue weighted by atomic mass is 35.5. The van der Waals surface area contributed by atoms with Crippen LogP contribution in [0.3, 0.4) is 0 Å². The first kappa shape index (κ1) is 14.1. The lowest BCUT2D eigenvalue weighted by Gasteiger charge is -2.29. The van der Waals surface area contributed by atoms with Crippen LogP contribution in [-0.4, -0.2) is 32.0 Å². The van der Waals surface area contributed by atoms with Gasteiger partial charge in [-0.25, -0.2) is 4.98 Å². The van der Waals surface area contributed by atoms with Crippen LogP contribution in [-0.2, 0) is 0 Å². The minimum atomic E-state index is 0.102. The summed E-state index contributed by atoms with van der Waals surface area (Å²) in [5.74, 6) is 2.26. The Labute approximate surface area is 118 Å². The Bertz CT molecular complexity index is 539. The van der Waals surface area contributed by atoms with Crippen LogP contribution in [0.4, 0.5) is 5.82 Å². The second-order valence-electron chi connectivity index (χ2n) is 4.91. The molecule has 2 rings (SSSR count). The first-order chi connectivity index (χ1) is 9.15. The van der Waals surface area contributed by atoms with E-state index in [0.717, 1.165) is 36.7 Å². The van der Waals surface area contributed by atoms with Crippen molar-refractivity contribution in [1.82, 2.24) is 19.6 Å². The second-order valence-corrected chi connectivity index (χ2v) is 5.18. The minimum absolute atomic E-state index is 0.102. The number of halogens is 1. The zero-order valence-corrected chi connectivity index (χ0v) is 12.4. The third kappa shape index (κ3) is 2.66. The lowest BCUT2D eigenvalue weighted by atomic mass is 9.84. The number of anilines is 1. The van der Waals surface area contributed by atoms with Gasteiger partial charge in [-0.05, 0) is 19.8 Å². The number of nitrogens with zero attached hydrogens (tertiary/aromatic N) is 4. The maximum absolute atomic E-state index is 6.12. The van der Waals surface area contributed by atoms with Crippen LogP contribution in [0.25, 0.3) is 5.65 Å². The van der Waals surface area contributed by atoms with Crippen LogP contribution in [0.5, 0.6) is 0 Å². The summed E-state index contributed by atoms with van der Waals surface area (Å²) in [5, 5.41) is 11.6. The van der Waals surface area contributed by atoms with Crippen molar-refractivity contribution in [3.05, 3.63) is 18.2 Å². The molecule has 0 aliphatic heterocycles. The fourth-order valence-corrected chi connectivity index (χ4v) is 2.55. The van der Waals surface area contributed by atoms with Gasteiger partial charge < -0.3 is 5.32 Å². The number of alkyl halides is 1. The van der Waals surface area contributed by atoms with Crippen molar-refractivity contribution in [2.24, 2.45) is 5.41 Å². The summed E-state index contributed by atoms with van der Waals surface area (Å²) in [6.45, 7) is 7.05. The number of fused-ring (bicyclic) bond motifs is 1. The van der Waals surface area contributed by atoms with E-state index in [9.17, 15) is 0 Å². The maximum atomic E-state index is 6.12. The number of rotatable bonds is 6. The molecule has 0 unspecified atom stereocenters. The van der Waals surface area contributed by atoms with Crippen molar-refractivity contribution in [1.29, 1.82) is 0 Å². The predicted octanol–water partition coefficient (Wildman–Crippen LogP) is 2.89. The predicted molar refractivity (Wildman–Crippen MR) is 77.7 cm³/mol. The van der Waals surface area contributed by atoms with Crippen molar-refractivity contribution in [3.8, 4) is 0 Å².